The first-order valence-corrected chi connectivity index (χ1v) is 9.43. The Balaban J connectivity index is 1.50. The summed E-state index contributed by atoms with van der Waals surface area (Å²) in [6.07, 6.45) is 2.70. The Morgan fingerprint density at radius 2 is 1.85 bits per heavy atom. The molecule has 142 valence electrons. The molecular formula is C22H25NO4. The number of rotatable bonds is 7. The first-order chi connectivity index (χ1) is 13.2. The van der Waals surface area contributed by atoms with Crippen LogP contribution < -0.4 is 10.1 Å². The van der Waals surface area contributed by atoms with Crippen LogP contribution in [-0.2, 0) is 20.7 Å². The normalized spacial score (nSPS) is 16.7. The third kappa shape index (κ3) is 5.09. The van der Waals surface area contributed by atoms with Gasteiger partial charge in [-0.25, -0.2) is 4.79 Å². The van der Waals surface area contributed by atoms with E-state index >= 15 is 0 Å². The molecule has 1 aliphatic carbocycles. The number of carbonyl (C=O) groups is 2. The maximum Gasteiger partial charge on any atom is 0.347 e. The summed E-state index contributed by atoms with van der Waals surface area (Å²) in [5.74, 6) is -0.218. The van der Waals surface area contributed by atoms with Gasteiger partial charge < -0.3 is 14.8 Å². The predicted octanol–water partition coefficient (Wildman–Crippen LogP) is 3.58. The first-order valence-electron chi connectivity index (χ1n) is 9.43. The number of amides is 1. The van der Waals surface area contributed by atoms with Gasteiger partial charge in [0.2, 0.25) is 0 Å². The molecule has 5 nitrogen and oxygen atoms in total. The van der Waals surface area contributed by atoms with E-state index in [9.17, 15) is 9.59 Å². The first kappa shape index (κ1) is 19.0. The molecule has 2 atom stereocenters. The molecule has 0 radical (unpaired) electrons. The fourth-order valence-corrected chi connectivity index (χ4v) is 3.33. The number of benzene rings is 2. The summed E-state index contributed by atoms with van der Waals surface area (Å²) < 4.78 is 10.8. The summed E-state index contributed by atoms with van der Waals surface area (Å²) in [6, 6.07) is 17.2. The number of carbonyl (C=O) groups excluding carboxylic acids is 2. The number of ether oxygens (including phenoxy) is 2. The minimum atomic E-state index is -0.726. The molecule has 0 spiro atoms. The number of para-hydroxylation sites is 1. The van der Waals surface area contributed by atoms with Crippen LogP contribution in [0.2, 0.25) is 0 Å². The van der Waals surface area contributed by atoms with Gasteiger partial charge in [-0.05, 0) is 48.9 Å². The lowest BCUT2D eigenvalue weighted by Crippen LogP contribution is -2.36. The Bertz CT molecular complexity index is 775. The third-order valence-electron chi connectivity index (χ3n) is 4.71. The zero-order valence-corrected chi connectivity index (χ0v) is 15.5. The standard InChI is InChI=1S/C22H25NO4/c1-2-20(27-17-11-4-3-5-12-17)22(25)26-15-21(24)23-19-14-8-10-16-9-6-7-13-18(16)19/h3-7,9,11-13,19-20H,2,8,10,14-15H2,1H3,(H,23,24)/t19-,20+/m1/s1. The van der Waals surface area contributed by atoms with Crippen molar-refractivity contribution in [2.24, 2.45) is 0 Å². The second-order valence-electron chi connectivity index (χ2n) is 6.65. The molecule has 0 unspecified atom stereocenters. The van der Waals surface area contributed by atoms with Crippen molar-refractivity contribution in [1.29, 1.82) is 0 Å². The minimum Gasteiger partial charge on any atom is -0.479 e. The maximum absolute atomic E-state index is 12.3. The van der Waals surface area contributed by atoms with Crippen LogP contribution in [0.5, 0.6) is 5.75 Å². The molecule has 5 heteroatoms. The highest BCUT2D eigenvalue weighted by Crippen LogP contribution is 2.29. The van der Waals surface area contributed by atoms with Gasteiger partial charge in [0.1, 0.15) is 5.75 Å². The lowest BCUT2D eigenvalue weighted by Gasteiger charge is -2.26. The molecule has 3 rings (SSSR count). The smallest absolute Gasteiger partial charge is 0.347 e. The monoisotopic (exact) mass is 367 g/mol. The van der Waals surface area contributed by atoms with Gasteiger partial charge >= 0.3 is 5.97 Å². The van der Waals surface area contributed by atoms with E-state index in [1.54, 1.807) is 12.1 Å². The molecule has 1 amide bonds. The second kappa shape index (κ2) is 9.21. The largest absolute Gasteiger partial charge is 0.479 e. The van der Waals surface area contributed by atoms with E-state index in [0.29, 0.717) is 12.2 Å². The highest BCUT2D eigenvalue weighted by Gasteiger charge is 2.24. The van der Waals surface area contributed by atoms with Gasteiger partial charge in [-0.2, -0.15) is 0 Å². The Labute approximate surface area is 159 Å². The molecule has 1 aliphatic rings. The van der Waals surface area contributed by atoms with Crippen molar-refractivity contribution in [3.05, 3.63) is 65.7 Å². The van der Waals surface area contributed by atoms with Crippen molar-refractivity contribution in [1.82, 2.24) is 5.32 Å². The van der Waals surface area contributed by atoms with Crippen molar-refractivity contribution >= 4 is 11.9 Å². The Hall–Kier alpha value is -2.82. The van der Waals surface area contributed by atoms with Crippen LogP contribution in [0.1, 0.15) is 43.4 Å². The van der Waals surface area contributed by atoms with Crippen molar-refractivity contribution in [2.45, 2.75) is 44.8 Å². The van der Waals surface area contributed by atoms with Crippen molar-refractivity contribution in [3.8, 4) is 5.75 Å². The second-order valence-corrected chi connectivity index (χ2v) is 6.65. The molecule has 0 aliphatic heterocycles. The number of esters is 1. The average Bonchev–Trinajstić information content (AvgIpc) is 2.71. The molecule has 1 N–H and O–H groups in total. The number of fused-ring (bicyclic) bond motifs is 1. The van der Waals surface area contributed by atoms with Crippen LogP contribution in [0, 0.1) is 0 Å². The molecule has 0 fully saturated rings. The van der Waals surface area contributed by atoms with Gasteiger partial charge in [0, 0.05) is 0 Å². The van der Waals surface area contributed by atoms with Gasteiger partial charge in [0.05, 0.1) is 6.04 Å². The summed E-state index contributed by atoms with van der Waals surface area (Å²) in [4.78, 5) is 24.5. The van der Waals surface area contributed by atoms with E-state index in [2.05, 4.69) is 11.4 Å². The van der Waals surface area contributed by atoms with Crippen molar-refractivity contribution in [2.75, 3.05) is 6.61 Å². The van der Waals surface area contributed by atoms with E-state index in [1.807, 2.05) is 43.3 Å². The van der Waals surface area contributed by atoms with E-state index in [1.165, 1.54) is 5.56 Å². The van der Waals surface area contributed by atoms with E-state index in [0.717, 1.165) is 24.8 Å². The van der Waals surface area contributed by atoms with Crippen LogP contribution in [-0.4, -0.2) is 24.6 Å². The van der Waals surface area contributed by atoms with Crippen LogP contribution >= 0.6 is 0 Å². The fraction of sp³-hybridized carbons (Fsp3) is 0.364. The zero-order valence-electron chi connectivity index (χ0n) is 15.5. The SMILES string of the molecule is CC[C@H](Oc1ccccc1)C(=O)OCC(=O)N[C@@H]1CCCc2ccccc21. The topological polar surface area (TPSA) is 64.6 Å². The van der Waals surface area contributed by atoms with Gasteiger partial charge in [0.25, 0.3) is 5.91 Å². The van der Waals surface area contributed by atoms with Crippen molar-refractivity contribution in [3.63, 3.8) is 0 Å². The highest BCUT2D eigenvalue weighted by molar-refractivity contribution is 5.82. The zero-order chi connectivity index (χ0) is 19.1. The summed E-state index contributed by atoms with van der Waals surface area (Å²) in [7, 11) is 0. The Morgan fingerprint density at radius 1 is 1.11 bits per heavy atom. The van der Waals surface area contributed by atoms with Gasteiger partial charge in [-0.15, -0.1) is 0 Å². The number of hydrogen-bond acceptors (Lipinski definition) is 4. The van der Waals surface area contributed by atoms with Gasteiger partial charge in [-0.1, -0.05) is 49.4 Å². The third-order valence-corrected chi connectivity index (χ3v) is 4.71. The highest BCUT2D eigenvalue weighted by atomic mass is 16.6. The molecule has 0 heterocycles. The fourth-order valence-electron chi connectivity index (χ4n) is 3.33. The number of aryl methyl sites for hydroxylation is 1. The molecular weight excluding hydrogens is 342 g/mol. The predicted molar refractivity (Wildman–Crippen MR) is 102 cm³/mol. The lowest BCUT2D eigenvalue weighted by atomic mass is 9.88. The van der Waals surface area contributed by atoms with Crippen molar-refractivity contribution < 1.29 is 19.1 Å². The number of nitrogens with one attached hydrogen (secondary N) is 1. The summed E-state index contributed by atoms with van der Waals surface area (Å²) in [6.45, 7) is 1.54. The van der Waals surface area contributed by atoms with E-state index < -0.39 is 12.1 Å². The van der Waals surface area contributed by atoms with Crippen LogP contribution in [0.15, 0.2) is 54.6 Å². The molecule has 27 heavy (non-hydrogen) atoms. The molecule has 2 aromatic rings. The van der Waals surface area contributed by atoms with E-state index in [-0.39, 0.29) is 18.6 Å². The molecule has 0 bridgehead atoms. The summed E-state index contributed by atoms with van der Waals surface area (Å²) >= 11 is 0. The molecule has 0 aromatic heterocycles. The maximum atomic E-state index is 12.3. The Kier molecular flexibility index (Phi) is 6.47. The average molecular weight is 367 g/mol. The lowest BCUT2D eigenvalue weighted by molar-refractivity contribution is -0.155. The number of hydrogen-bond donors (Lipinski definition) is 1. The molecule has 0 saturated carbocycles. The summed E-state index contributed by atoms with van der Waals surface area (Å²) in [5, 5.41) is 2.98. The van der Waals surface area contributed by atoms with Gasteiger partial charge in [-0.3, -0.25) is 4.79 Å². The quantitative estimate of drug-likeness (QED) is 0.760. The Morgan fingerprint density at radius 3 is 2.63 bits per heavy atom. The van der Waals surface area contributed by atoms with E-state index in [4.69, 9.17) is 9.47 Å². The van der Waals surface area contributed by atoms with Crippen LogP contribution in [0.3, 0.4) is 0 Å². The van der Waals surface area contributed by atoms with Crippen LogP contribution in [0.25, 0.3) is 0 Å². The minimum absolute atomic E-state index is 0.0244. The summed E-state index contributed by atoms with van der Waals surface area (Å²) in [5.41, 5.74) is 2.43. The van der Waals surface area contributed by atoms with Crippen LogP contribution in [0.4, 0.5) is 0 Å². The molecule has 2 aromatic carbocycles. The molecule has 0 saturated heterocycles. The van der Waals surface area contributed by atoms with Gasteiger partial charge in [0.15, 0.2) is 12.7 Å².